The topological polar surface area (TPSA) is 94.1 Å². The molecule has 188 valence electrons. The van der Waals surface area contributed by atoms with Gasteiger partial charge >= 0.3 is 0 Å². The number of hydrogen-bond donors (Lipinski definition) is 0. The Morgan fingerprint density at radius 3 is 2.19 bits per heavy atom. The predicted molar refractivity (Wildman–Crippen MR) is 137 cm³/mol. The maximum atomic E-state index is 13.1. The van der Waals surface area contributed by atoms with E-state index in [9.17, 15) is 14.7 Å². The van der Waals surface area contributed by atoms with Gasteiger partial charge in [-0.05, 0) is 65.3 Å². The number of hydrogen-bond acceptors (Lipinski definition) is 8. The van der Waals surface area contributed by atoms with E-state index in [2.05, 4.69) is 0 Å². The molecule has 36 heavy (non-hydrogen) atoms. The Hall–Kier alpha value is -3.65. The monoisotopic (exact) mass is 507 g/mol. The number of carboxylic acids is 1. The Morgan fingerprint density at radius 2 is 1.64 bits per heavy atom. The van der Waals surface area contributed by atoms with Crippen molar-refractivity contribution in [1.29, 1.82) is 0 Å². The number of carboxylic acid groups (broad SMARTS) is 1. The zero-order valence-corrected chi connectivity index (χ0v) is 21.6. The first-order chi connectivity index (χ1) is 17.4. The third-order valence-electron chi connectivity index (χ3n) is 6.61. The molecule has 0 aliphatic heterocycles. The molecule has 0 radical (unpaired) electrons. The molecule has 0 fully saturated rings. The van der Waals surface area contributed by atoms with Crippen LogP contribution in [0.3, 0.4) is 0 Å². The van der Waals surface area contributed by atoms with Crippen molar-refractivity contribution in [3.63, 3.8) is 0 Å². The number of rotatable bonds is 8. The van der Waals surface area contributed by atoms with Gasteiger partial charge in [0.2, 0.25) is 5.75 Å². The molecule has 3 aromatic carbocycles. The highest BCUT2D eigenvalue weighted by Gasteiger charge is 2.36. The van der Waals surface area contributed by atoms with Crippen LogP contribution in [0.15, 0.2) is 58.2 Å². The molecule has 2 unspecified atom stereocenters. The highest BCUT2D eigenvalue weighted by atomic mass is 32.2. The number of ether oxygens (including phenoxy) is 4. The minimum Gasteiger partial charge on any atom is -0.549 e. The van der Waals surface area contributed by atoms with Crippen molar-refractivity contribution in [3.8, 4) is 34.1 Å². The summed E-state index contributed by atoms with van der Waals surface area (Å²) in [7, 11) is 6.16. The minimum atomic E-state index is -1.23. The van der Waals surface area contributed by atoms with E-state index in [1.165, 1.54) is 26.0 Å². The van der Waals surface area contributed by atoms with Crippen molar-refractivity contribution in [3.05, 3.63) is 75.4 Å². The predicted octanol–water partition coefficient (Wildman–Crippen LogP) is 3.64. The van der Waals surface area contributed by atoms with E-state index in [1.54, 1.807) is 50.6 Å². The summed E-state index contributed by atoms with van der Waals surface area (Å²) in [6.45, 7) is 0. The molecule has 0 aromatic heterocycles. The van der Waals surface area contributed by atoms with Gasteiger partial charge in [0, 0.05) is 23.4 Å². The van der Waals surface area contributed by atoms with Crippen molar-refractivity contribution in [2.24, 2.45) is 0 Å². The van der Waals surface area contributed by atoms with Gasteiger partial charge in [0.25, 0.3) is 0 Å². The van der Waals surface area contributed by atoms with Crippen LogP contribution in [0.4, 0.5) is 0 Å². The normalized spacial score (nSPS) is 14.8. The highest BCUT2D eigenvalue weighted by Crippen LogP contribution is 2.53. The zero-order chi connectivity index (χ0) is 26.0. The lowest BCUT2D eigenvalue weighted by Gasteiger charge is -2.35. The number of carbonyl (C=O) groups is 1. The quantitative estimate of drug-likeness (QED) is 0.427. The Kier molecular flexibility index (Phi) is 7.45. The van der Waals surface area contributed by atoms with E-state index in [4.69, 9.17) is 18.9 Å². The number of methoxy groups -OCH3 is 4. The Balaban J connectivity index is 2.04. The third-order valence-corrected chi connectivity index (χ3v) is 7.39. The Bertz CT molecular complexity index is 1350. The molecule has 0 saturated heterocycles. The largest absolute Gasteiger partial charge is 0.549 e. The van der Waals surface area contributed by atoms with Crippen LogP contribution in [0.25, 0.3) is 11.1 Å². The molecule has 7 nitrogen and oxygen atoms in total. The average molecular weight is 508 g/mol. The second-order valence-electron chi connectivity index (χ2n) is 8.34. The molecule has 4 rings (SSSR count). The van der Waals surface area contributed by atoms with Crippen LogP contribution in [0, 0.1) is 0 Å². The maximum absolute atomic E-state index is 13.1. The van der Waals surface area contributed by atoms with Gasteiger partial charge in [0.1, 0.15) is 5.75 Å². The summed E-state index contributed by atoms with van der Waals surface area (Å²) in [6.07, 6.45) is 2.15. The van der Waals surface area contributed by atoms with Crippen molar-refractivity contribution in [2.75, 3.05) is 34.7 Å². The third kappa shape index (κ3) is 4.37. The van der Waals surface area contributed by atoms with Gasteiger partial charge in [0.15, 0.2) is 16.9 Å². The molecular formula is C28H27O7S-. The first-order valence-electron chi connectivity index (χ1n) is 11.3. The number of thioether (sulfide) groups is 1. The maximum Gasteiger partial charge on any atom is 0.203 e. The van der Waals surface area contributed by atoms with Crippen LogP contribution in [0.2, 0.25) is 0 Å². The summed E-state index contributed by atoms with van der Waals surface area (Å²) >= 11 is 1.34. The molecule has 0 heterocycles. The lowest BCUT2D eigenvalue weighted by molar-refractivity contribution is -0.308. The van der Waals surface area contributed by atoms with E-state index in [0.717, 1.165) is 11.1 Å². The SMILES string of the molecule is COc1ccc(C(C(=O)[O-])C2Cc3cc(OC)c(OC)c(OC)c3-c3ccc(SC)c(=O)cc32)cc1. The molecule has 8 heteroatoms. The lowest BCUT2D eigenvalue weighted by atomic mass is 9.71. The second-order valence-corrected chi connectivity index (χ2v) is 9.19. The van der Waals surface area contributed by atoms with E-state index in [1.807, 2.05) is 18.4 Å². The van der Waals surface area contributed by atoms with E-state index >= 15 is 0 Å². The molecule has 0 bridgehead atoms. The molecule has 3 aromatic rings. The summed E-state index contributed by atoms with van der Waals surface area (Å²) in [5.74, 6) is -0.843. The van der Waals surface area contributed by atoms with Crippen molar-refractivity contribution < 1.29 is 28.8 Å². The molecule has 0 amide bonds. The van der Waals surface area contributed by atoms with Crippen LogP contribution in [-0.4, -0.2) is 40.7 Å². The fraction of sp³-hybridized carbons (Fsp3) is 0.286. The second kappa shape index (κ2) is 10.5. The lowest BCUT2D eigenvalue weighted by Crippen LogP contribution is -2.35. The molecule has 1 aliphatic carbocycles. The molecule has 0 N–H and O–H groups in total. The van der Waals surface area contributed by atoms with Crippen LogP contribution in [0.5, 0.6) is 23.0 Å². The van der Waals surface area contributed by atoms with Gasteiger partial charge in [-0.2, -0.15) is 0 Å². The van der Waals surface area contributed by atoms with E-state index in [0.29, 0.717) is 51.0 Å². The summed E-state index contributed by atoms with van der Waals surface area (Å²) in [4.78, 5) is 26.3. The minimum absolute atomic E-state index is 0.177. The van der Waals surface area contributed by atoms with E-state index in [-0.39, 0.29) is 5.43 Å². The van der Waals surface area contributed by atoms with Crippen LogP contribution in [0.1, 0.15) is 28.5 Å². The standard InChI is InChI=1S/C28H28O7S/c1-32-17-8-6-15(7-9-17)25(28(30)31)20-12-16-13-22(33-2)26(34-3)27(35-4)24(16)18-10-11-23(36-5)21(29)14-19(18)20/h6-11,13-14,20,25H,12H2,1-5H3,(H,30,31)/p-1. The number of fused-ring (bicyclic) bond motifs is 3. The van der Waals surface area contributed by atoms with E-state index < -0.39 is 17.8 Å². The summed E-state index contributed by atoms with van der Waals surface area (Å²) in [5, 5.41) is 12.6. The van der Waals surface area contributed by atoms with Crippen molar-refractivity contribution in [1.82, 2.24) is 0 Å². The fourth-order valence-electron chi connectivity index (χ4n) is 4.98. The van der Waals surface area contributed by atoms with Crippen LogP contribution >= 0.6 is 11.8 Å². The number of aliphatic carboxylic acids is 1. The Labute approximate surface area is 214 Å². The first kappa shape index (κ1) is 25.4. The average Bonchev–Trinajstić information content (AvgIpc) is 3.06. The molecule has 0 spiro atoms. The van der Waals surface area contributed by atoms with Crippen LogP contribution < -0.4 is 29.5 Å². The number of benzene rings is 2. The Morgan fingerprint density at radius 1 is 0.944 bits per heavy atom. The fourth-order valence-corrected chi connectivity index (χ4v) is 5.45. The van der Waals surface area contributed by atoms with Crippen molar-refractivity contribution in [2.45, 2.75) is 23.2 Å². The zero-order valence-electron chi connectivity index (χ0n) is 20.7. The summed E-state index contributed by atoms with van der Waals surface area (Å²) < 4.78 is 22.2. The van der Waals surface area contributed by atoms with Crippen LogP contribution in [-0.2, 0) is 11.2 Å². The van der Waals surface area contributed by atoms with Gasteiger partial charge in [-0.15, -0.1) is 11.8 Å². The van der Waals surface area contributed by atoms with Gasteiger partial charge in [-0.25, -0.2) is 0 Å². The summed E-state index contributed by atoms with van der Waals surface area (Å²) in [5.41, 5.74) is 3.27. The van der Waals surface area contributed by atoms with Gasteiger partial charge in [0.05, 0.1) is 33.3 Å². The smallest absolute Gasteiger partial charge is 0.203 e. The molecule has 2 atom stereocenters. The summed E-state index contributed by atoms with van der Waals surface area (Å²) in [6, 6.07) is 13.9. The van der Waals surface area contributed by atoms with Gasteiger partial charge in [-0.1, -0.05) is 18.2 Å². The van der Waals surface area contributed by atoms with Gasteiger partial charge < -0.3 is 28.8 Å². The molecule has 0 saturated carbocycles. The number of carbonyl (C=O) groups excluding carboxylic acids is 1. The first-order valence-corrected chi connectivity index (χ1v) is 12.5. The highest BCUT2D eigenvalue weighted by molar-refractivity contribution is 7.98. The molecule has 1 aliphatic rings. The van der Waals surface area contributed by atoms with Gasteiger partial charge in [-0.3, -0.25) is 4.79 Å². The van der Waals surface area contributed by atoms with Crippen molar-refractivity contribution >= 4 is 17.7 Å². The molecular weight excluding hydrogens is 480 g/mol.